The van der Waals surface area contributed by atoms with Crippen molar-refractivity contribution in [1.29, 1.82) is 0 Å². The summed E-state index contributed by atoms with van der Waals surface area (Å²) in [5, 5.41) is 13.0. The molecule has 1 aromatic heterocycles. The summed E-state index contributed by atoms with van der Waals surface area (Å²) in [6.07, 6.45) is 3.01. The zero-order chi connectivity index (χ0) is 13.2. The molecule has 0 aliphatic rings. The lowest BCUT2D eigenvalue weighted by Crippen LogP contribution is -2.52. The van der Waals surface area contributed by atoms with E-state index in [2.05, 4.69) is 5.10 Å². The first-order valence-corrected chi connectivity index (χ1v) is 5.34. The van der Waals surface area contributed by atoms with Crippen LogP contribution in [0.2, 0.25) is 0 Å². The number of rotatable bonds is 4. The number of carboxylic acid groups (broad SMARTS) is 1. The second kappa shape index (κ2) is 4.57. The van der Waals surface area contributed by atoms with Gasteiger partial charge in [-0.2, -0.15) is 5.10 Å². The Morgan fingerprint density at radius 1 is 1.53 bits per heavy atom. The first kappa shape index (κ1) is 13.2. The van der Waals surface area contributed by atoms with E-state index in [0.717, 1.165) is 0 Å². The van der Waals surface area contributed by atoms with E-state index in [-0.39, 0.29) is 5.91 Å². The van der Waals surface area contributed by atoms with Crippen molar-refractivity contribution in [3.63, 3.8) is 0 Å². The van der Waals surface area contributed by atoms with Crippen LogP contribution in [0.4, 0.5) is 0 Å². The molecule has 0 radical (unpaired) electrons. The Morgan fingerprint density at radius 3 is 2.47 bits per heavy atom. The second-order valence-electron chi connectivity index (χ2n) is 4.32. The zero-order valence-corrected chi connectivity index (χ0v) is 10.5. The van der Waals surface area contributed by atoms with Gasteiger partial charge in [0.15, 0.2) is 0 Å². The summed E-state index contributed by atoms with van der Waals surface area (Å²) in [6.45, 7) is 5.09. The van der Waals surface area contributed by atoms with Gasteiger partial charge in [0.2, 0.25) is 0 Å². The number of amides is 1. The third kappa shape index (κ3) is 2.46. The fourth-order valence-corrected chi connectivity index (χ4v) is 1.60. The number of aliphatic carboxylic acids is 1. The number of likely N-dealkylation sites (N-methyl/N-ethyl adjacent to an activating group) is 1. The molecular weight excluding hydrogens is 222 g/mol. The zero-order valence-electron chi connectivity index (χ0n) is 10.5. The average Bonchev–Trinajstić information content (AvgIpc) is 2.65. The molecule has 1 amide bonds. The molecule has 0 saturated carbocycles. The van der Waals surface area contributed by atoms with Crippen molar-refractivity contribution >= 4 is 11.9 Å². The summed E-state index contributed by atoms with van der Waals surface area (Å²) in [4.78, 5) is 24.6. The molecule has 1 N–H and O–H groups in total. The highest BCUT2D eigenvalue weighted by molar-refractivity contribution is 5.97. The summed E-state index contributed by atoms with van der Waals surface area (Å²) < 4.78 is 1.51. The van der Waals surface area contributed by atoms with E-state index in [0.29, 0.717) is 12.1 Å². The fraction of sp³-hybridized carbons (Fsp3) is 0.545. The minimum atomic E-state index is -1.23. The highest BCUT2D eigenvalue weighted by Crippen LogP contribution is 2.17. The van der Waals surface area contributed by atoms with Crippen LogP contribution in [0.1, 0.15) is 31.1 Å². The summed E-state index contributed by atoms with van der Waals surface area (Å²) in [5.41, 5.74) is -0.842. The monoisotopic (exact) mass is 239 g/mol. The van der Waals surface area contributed by atoms with Gasteiger partial charge in [-0.15, -0.1) is 0 Å². The van der Waals surface area contributed by atoms with E-state index in [4.69, 9.17) is 5.11 Å². The van der Waals surface area contributed by atoms with E-state index < -0.39 is 11.5 Å². The van der Waals surface area contributed by atoms with Crippen molar-refractivity contribution in [1.82, 2.24) is 14.7 Å². The van der Waals surface area contributed by atoms with Crippen LogP contribution in [0.15, 0.2) is 12.4 Å². The van der Waals surface area contributed by atoms with Crippen LogP contribution >= 0.6 is 0 Å². The average molecular weight is 239 g/mol. The molecule has 0 unspecified atom stereocenters. The van der Waals surface area contributed by atoms with Crippen LogP contribution < -0.4 is 0 Å². The number of aromatic nitrogens is 2. The van der Waals surface area contributed by atoms with E-state index in [9.17, 15) is 9.59 Å². The maximum atomic E-state index is 12.1. The van der Waals surface area contributed by atoms with Gasteiger partial charge in [0.25, 0.3) is 5.91 Å². The molecule has 1 aromatic rings. The molecule has 0 fully saturated rings. The number of carbonyl (C=O) groups excluding carboxylic acids is 1. The Morgan fingerprint density at radius 2 is 2.12 bits per heavy atom. The van der Waals surface area contributed by atoms with Crippen molar-refractivity contribution in [2.75, 3.05) is 6.54 Å². The maximum Gasteiger partial charge on any atom is 0.329 e. The van der Waals surface area contributed by atoms with Crippen LogP contribution in [-0.4, -0.2) is 43.7 Å². The predicted molar refractivity (Wildman–Crippen MR) is 61.6 cm³/mol. The van der Waals surface area contributed by atoms with Gasteiger partial charge in [-0.25, -0.2) is 4.79 Å². The molecule has 0 aromatic carbocycles. The lowest BCUT2D eigenvalue weighted by atomic mass is 10.0. The molecule has 94 valence electrons. The molecular formula is C11H17N3O3. The van der Waals surface area contributed by atoms with Gasteiger partial charge in [-0.1, -0.05) is 0 Å². The SMILES string of the molecule is CCN(C(=O)c1cnn(C)c1)C(C)(C)C(=O)O. The molecule has 0 bridgehead atoms. The van der Waals surface area contributed by atoms with Gasteiger partial charge in [-0.05, 0) is 20.8 Å². The van der Waals surface area contributed by atoms with Crippen molar-refractivity contribution in [3.8, 4) is 0 Å². The van der Waals surface area contributed by atoms with Gasteiger partial charge in [0.05, 0.1) is 11.8 Å². The van der Waals surface area contributed by atoms with Gasteiger partial charge < -0.3 is 10.0 Å². The quantitative estimate of drug-likeness (QED) is 0.841. The standard InChI is InChI=1S/C11H17N3O3/c1-5-14(11(2,3)10(16)17)9(15)8-6-12-13(4)7-8/h6-7H,5H2,1-4H3,(H,16,17). The van der Waals surface area contributed by atoms with E-state index in [1.807, 2.05) is 0 Å². The minimum absolute atomic E-state index is 0.326. The summed E-state index contributed by atoms with van der Waals surface area (Å²) in [6, 6.07) is 0. The third-order valence-electron chi connectivity index (χ3n) is 2.71. The highest BCUT2D eigenvalue weighted by atomic mass is 16.4. The number of carbonyl (C=O) groups is 2. The van der Waals surface area contributed by atoms with Crippen molar-refractivity contribution in [3.05, 3.63) is 18.0 Å². The normalized spacial score (nSPS) is 11.3. The first-order valence-electron chi connectivity index (χ1n) is 5.34. The van der Waals surface area contributed by atoms with Gasteiger partial charge in [-0.3, -0.25) is 9.48 Å². The molecule has 0 aliphatic carbocycles. The molecule has 0 aliphatic heterocycles. The Labute approximate surface area is 99.8 Å². The predicted octanol–water partition coefficient (Wildman–Crippen LogP) is 0.745. The number of aryl methyl sites for hydroxylation is 1. The van der Waals surface area contributed by atoms with Gasteiger partial charge >= 0.3 is 5.97 Å². The summed E-state index contributed by atoms with van der Waals surface area (Å²) >= 11 is 0. The van der Waals surface area contributed by atoms with E-state index in [1.54, 1.807) is 20.2 Å². The smallest absolute Gasteiger partial charge is 0.329 e. The topological polar surface area (TPSA) is 75.4 Å². The van der Waals surface area contributed by atoms with Gasteiger partial charge in [0.1, 0.15) is 5.54 Å². The highest BCUT2D eigenvalue weighted by Gasteiger charge is 2.37. The molecule has 0 spiro atoms. The van der Waals surface area contributed by atoms with Crippen molar-refractivity contribution in [2.45, 2.75) is 26.3 Å². The second-order valence-corrected chi connectivity index (χ2v) is 4.32. The molecule has 0 saturated heterocycles. The Balaban J connectivity index is 3.04. The number of nitrogens with zero attached hydrogens (tertiary/aromatic N) is 3. The Hall–Kier alpha value is -1.85. The van der Waals surface area contributed by atoms with Crippen LogP contribution in [0.5, 0.6) is 0 Å². The Bertz CT molecular complexity index is 437. The molecule has 1 heterocycles. The molecule has 1 rings (SSSR count). The third-order valence-corrected chi connectivity index (χ3v) is 2.71. The molecule has 6 heteroatoms. The Kier molecular flexibility index (Phi) is 3.55. The number of hydrogen-bond acceptors (Lipinski definition) is 3. The van der Waals surface area contributed by atoms with E-state index >= 15 is 0 Å². The number of carboxylic acids is 1. The van der Waals surface area contributed by atoms with E-state index in [1.165, 1.54) is 29.6 Å². The first-order chi connectivity index (χ1) is 7.80. The largest absolute Gasteiger partial charge is 0.480 e. The molecule has 6 nitrogen and oxygen atoms in total. The van der Waals surface area contributed by atoms with Crippen LogP contribution in [0.3, 0.4) is 0 Å². The van der Waals surface area contributed by atoms with Crippen LogP contribution in [0.25, 0.3) is 0 Å². The fourth-order valence-electron chi connectivity index (χ4n) is 1.60. The summed E-state index contributed by atoms with van der Waals surface area (Å²) in [7, 11) is 1.70. The molecule has 0 atom stereocenters. The minimum Gasteiger partial charge on any atom is -0.480 e. The van der Waals surface area contributed by atoms with Gasteiger partial charge in [0, 0.05) is 19.8 Å². The van der Waals surface area contributed by atoms with Crippen LogP contribution in [0, 0.1) is 0 Å². The van der Waals surface area contributed by atoms with Crippen molar-refractivity contribution in [2.24, 2.45) is 7.05 Å². The maximum absolute atomic E-state index is 12.1. The van der Waals surface area contributed by atoms with Crippen LogP contribution in [-0.2, 0) is 11.8 Å². The lowest BCUT2D eigenvalue weighted by Gasteiger charge is -2.33. The number of hydrogen-bond donors (Lipinski definition) is 1. The van der Waals surface area contributed by atoms with Crippen molar-refractivity contribution < 1.29 is 14.7 Å². The lowest BCUT2D eigenvalue weighted by molar-refractivity contribution is -0.147. The summed E-state index contributed by atoms with van der Waals surface area (Å²) in [5.74, 6) is -1.36. The molecule has 17 heavy (non-hydrogen) atoms.